The minimum absolute atomic E-state index is 0.0279. The predicted molar refractivity (Wildman–Crippen MR) is 87.9 cm³/mol. The van der Waals surface area contributed by atoms with Crippen LogP contribution in [0.4, 0.5) is 0 Å². The van der Waals surface area contributed by atoms with E-state index in [1.807, 2.05) is 25.5 Å². The molecule has 8 heteroatoms. The van der Waals surface area contributed by atoms with Crippen molar-refractivity contribution in [3.63, 3.8) is 0 Å². The molecule has 1 aromatic carbocycles. The smallest absolute Gasteiger partial charge is 0.242 e. The molecule has 2 rings (SSSR count). The monoisotopic (exact) mass is 361 g/mol. The number of sulfonamides is 1. The molecule has 1 heterocycles. The Morgan fingerprint density at radius 1 is 1.27 bits per heavy atom. The second-order valence-electron chi connectivity index (χ2n) is 4.86. The van der Waals surface area contributed by atoms with Crippen molar-refractivity contribution in [2.45, 2.75) is 38.8 Å². The Labute approximate surface area is 140 Å². The zero-order chi connectivity index (χ0) is 16.5. The molecular weight excluding hydrogens is 345 g/mol. The number of nitrogens with zero attached hydrogens (tertiary/aromatic N) is 2. The first-order valence-corrected chi connectivity index (χ1v) is 8.97. The summed E-state index contributed by atoms with van der Waals surface area (Å²) in [6, 6.07) is 4.34. The summed E-state index contributed by atoms with van der Waals surface area (Å²) in [5.41, 5.74) is 2.61. The average Bonchev–Trinajstić information content (AvgIpc) is 2.73. The van der Waals surface area contributed by atoms with E-state index in [-0.39, 0.29) is 16.5 Å². The highest BCUT2D eigenvalue weighted by Crippen LogP contribution is 2.25. The Morgan fingerprint density at radius 2 is 1.95 bits per heavy atom. The Bertz CT molecular complexity index is 801. The van der Waals surface area contributed by atoms with Crippen molar-refractivity contribution in [2.75, 3.05) is 0 Å². The van der Waals surface area contributed by atoms with Crippen LogP contribution >= 0.6 is 23.2 Å². The molecule has 0 aliphatic carbocycles. The summed E-state index contributed by atoms with van der Waals surface area (Å²) in [4.78, 5) is -0.0279. The van der Waals surface area contributed by atoms with Crippen LogP contribution < -0.4 is 4.72 Å². The topological polar surface area (TPSA) is 64.0 Å². The van der Waals surface area contributed by atoms with Crippen LogP contribution in [0.25, 0.3) is 0 Å². The summed E-state index contributed by atoms with van der Waals surface area (Å²) < 4.78 is 29.2. The van der Waals surface area contributed by atoms with Gasteiger partial charge in [-0.05, 0) is 39.0 Å². The van der Waals surface area contributed by atoms with Crippen LogP contribution in [-0.4, -0.2) is 18.2 Å². The van der Waals surface area contributed by atoms with E-state index >= 15 is 0 Å². The fraction of sp³-hybridized carbons (Fsp3) is 0.357. The molecule has 120 valence electrons. The molecule has 2 aromatic rings. The summed E-state index contributed by atoms with van der Waals surface area (Å²) in [5, 5.41) is 4.82. The Kier molecular flexibility index (Phi) is 5.17. The molecule has 0 fully saturated rings. The van der Waals surface area contributed by atoms with Gasteiger partial charge in [-0.25, -0.2) is 13.1 Å². The van der Waals surface area contributed by atoms with Gasteiger partial charge in [0.2, 0.25) is 10.0 Å². The Hall–Kier alpha value is -1.08. The minimum atomic E-state index is -3.75. The number of halogens is 2. The molecule has 0 spiro atoms. The number of hydrogen-bond donors (Lipinski definition) is 1. The van der Waals surface area contributed by atoms with E-state index in [1.54, 1.807) is 6.07 Å². The predicted octanol–water partition coefficient (Wildman–Crippen LogP) is 3.31. The highest BCUT2D eigenvalue weighted by Gasteiger charge is 2.20. The lowest BCUT2D eigenvalue weighted by molar-refractivity contribution is 0.581. The molecule has 0 atom stereocenters. The van der Waals surface area contributed by atoms with Gasteiger partial charge in [0.25, 0.3) is 0 Å². The zero-order valence-electron chi connectivity index (χ0n) is 12.5. The minimum Gasteiger partial charge on any atom is -0.270 e. The van der Waals surface area contributed by atoms with Gasteiger partial charge in [-0.3, -0.25) is 4.68 Å². The largest absolute Gasteiger partial charge is 0.270 e. The molecule has 0 amide bonds. The Balaban J connectivity index is 2.27. The summed E-state index contributed by atoms with van der Waals surface area (Å²) in [6.45, 7) is 6.65. The molecule has 0 saturated heterocycles. The highest BCUT2D eigenvalue weighted by atomic mass is 35.5. The SMILES string of the molecule is CCn1nc(C)c(CNS(=O)(=O)c2cc(Cl)ccc2Cl)c1C. The maximum atomic E-state index is 12.4. The van der Waals surface area contributed by atoms with Crippen LogP contribution in [0, 0.1) is 13.8 Å². The van der Waals surface area contributed by atoms with E-state index in [4.69, 9.17) is 23.2 Å². The van der Waals surface area contributed by atoms with Gasteiger partial charge in [0.05, 0.1) is 10.7 Å². The number of hydrogen-bond acceptors (Lipinski definition) is 3. The lowest BCUT2D eigenvalue weighted by Crippen LogP contribution is -2.24. The standard InChI is InChI=1S/C14H17Cl2N3O2S/c1-4-19-10(3)12(9(2)18-19)8-17-22(20,21)14-7-11(15)5-6-13(14)16/h5-7,17H,4,8H2,1-3H3. The van der Waals surface area contributed by atoms with Crippen LogP contribution in [-0.2, 0) is 23.1 Å². The van der Waals surface area contributed by atoms with Crippen LogP contribution in [0.5, 0.6) is 0 Å². The second-order valence-corrected chi connectivity index (χ2v) is 7.44. The number of rotatable bonds is 5. The molecule has 0 unspecified atom stereocenters. The lowest BCUT2D eigenvalue weighted by atomic mass is 10.2. The molecule has 0 radical (unpaired) electrons. The van der Waals surface area contributed by atoms with Crippen LogP contribution in [0.3, 0.4) is 0 Å². The molecule has 0 bridgehead atoms. The molecule has 22 heavy (non-hydrogen) atoms. The van der Waals surface area contributed by atoms with Crippen molar-refractivity contribution < 1.29 is 8.42 Å². The number of aromatic nitrogens is 2. The van der Waals surface area contributed by atoms with E-state index in [0.717, 1.165) is 23.5 Å². The zero-order valence-corrected chi connectivity index (χ0v) is 14.8. The van der Waals surface area contributed by atoms with E-state index in [9.17, 15) is 8.42 Å². The van der Waals surface area contributed by atoms with Gasteiger partial charge in [0.15, 0.2) is 0 Å². The third-order valence-electron chi connectivity index (χ3n) is 3.45. The maximum Gasteiger partial charge on any atom is 0.242 e. The number of benzene rings is 1. The molecule has 5 nitrogen and oxygen atoms in total. The Morgan fingerprint density at radius 3 is 2.55 bits per heavy atom. The summed E-state index contributed by atoms with van der Waals surface area (Å²) in [7, 11) is -3.75. The van der Waals surface area contributed by atoms with Crippen molar-refractivity contribution in [3.05, 3.63) is 45.2 Å². The fourth-order valence-corrected chi connectivity index (χ4v) is 3.98. The van der Waals surface area contributed by atoms with Gasteiger partial charge in [0, 0.05) is 29.4 Å². The molecule has 0 saturated carbocycles. The summed E-state index contributed by atoms with van der Waals surface area (Å²) >= 11 is 11.8. The quantitative estimate of drug-likeness (QED) is 0.888. The lowest BCUT2D eigenvalue weighted by Gasteiger charge is -2.09. The van der Waals surface area contributed by atoms with Gasteiger partial charge in [-0.15, -0.1) is 0 Å². The van der Waals surface area contributed by atoms with Crippen LogP contribution in [0.1, 0.15) is 23.9 Å². The first-order chi connectivity index (χ1) is 10.3. The van der Waals surface area contributed by atoms with E-state index in [2.05, 4.69) is 9.82 Å². The van der Waals surface area contributed by atoms with Crippen LogP contribution in [0.2, 0.25) is 10.0 Å². The first kappa shape index (κ1) is 17.3. The summed E-state index contributed by atoms with van der Waals surface area (Å²) in [6.07, 6.45) is 0. The first-order valence-electron chi connectivity index (χ1n) is 6.74. The van der Waals surface area contributed by atoms with Gasteiger partial charge in [0.1, 0.15) is 4.90 Å². The van der Waals surface area contributed by atoms with Gasteiger partial charge >= 0.3 is 0 Å². The molecule has 0 aliphatic heterocycles. The third-order valence-corrected chi connectivity index (χ3v) is 5.57. The van der Waals surface area contributed by atoms with E-state index in [1.165, 1.54) is 12.1 Å². The molecular formula is C14H17Cl2N3O2S. The average molecular weight is 362 g/mol. The number of nitrogens with one attached hydrogen (secondary N) is 1. The summed E-state index contributed by atoms with van der Waals surface area (Å²) in [5.74, 6) is 0. The van der Waals surface area contributed by atoms with Crippen molar-refractivity contribution in [2.24, 2.45) is 0 Å². The maximum absolute atomic E-state index is 12.4. The normalized spacial score (nSPS) is 11.9. The van der Waals surface area contributed by atoms with Crippen LogP contribution in [0.15, 0.2) is 23.1 Å². The van der Waals surface area contributed by atoms with E-state index < -0.39 is 10.0 Å². The highest BCUT2D eigenvalue weighted by molar-refractivity contribution is 7.89. The van der Waals surface area contributed by atoms with Crippen molar-refractivity contribution in [1.29, 1.82) is 0 Å². The molecule has 1 aromatic heterocycles. The molecule has 0 aliphatic rings. The molecule has 1 N–H and O–H groups in total. The van der Waals surface area contributed by atoms with Gasteiger partial charge in [-0.2, -0.15) is 5.10 Å². The number of aryl methyl sites for hydroxylation is 2. The second kappa shape index (κ2) is 6.58. The van der Waals surface area contributed by atoms with Gasteiger partial charge in [-0.1, -0.05) is 23.2 Å². The van der Waals surface area contributed by atoms with Gasteiger partial charge < -0.3 is 0 Å². The van der Waals surface area contributed by atoms with Crippen molar-refractivity contribution in [1.82, 2.24) is 14.5 Å². The van der Waals surface area contributed by atoms with Crippen molar-refractivity contribution in [3.8, 4) is 0 Å². The fourth-order valence-electron chi connectivity index (χ4n) is 2.23. The van der Waals surface area contributed by atoms with E-state index in [0.29, 0.717) is 5.02 Å². The van der Waals surface area contributed by atoms with Crippen molar-refractivity contribution >= 4 is 33.2 Å². The third kappa shape index (κ3) is 3.46.